The second kappa shape index (κ2) is 3.66. The topological polar surface area (TPSA) is 69.1 Å². The molecular formula is C10H20N2O. The number of hydrogen-bond acceptors (Lipinski definition) is 2. The van der Waals surface area contributed by atoms with Crippen LogP contribution in [0.2, 0.25) is 0 Å². The van der Waals surface area contributed by atoms with Gasteiger partial charge in [0.05, 0.1) is 6.04 Å². The Labute approximate surface area is 79.9 Å². The molecule has 1 amide bonds. The molecule has 1 rings (SSSR count). The summed E-state index contributed by atoms with van der Waals surface area (Å²) < 4.78 is 0. The largest absolute Gasteiger partial charge is 0.368 e. The van der Waals surface area contributed by atoms with Crippen LogP contribution in [0.25, 0.3) is 0 Å². The molecule has 0 radical (unpaired) electrons. The molecule has 0 bridgehead atoms. The molecule has 4 N–H and O–H groups in total. The van der Waals surface area contributed by atoms with Crippen LogP contribution in [0, 0.1) is 11.3 Å². The molecule has 1 fully saturated rings. The zero-order valence-electron chi connectivity index (χ0n) is 8.55. The van der Waals surface area contributed by atoms with Crippen LogP contribution in [0.3, 0.4) is 0 Å². The lowest BCUT2D eigenvalue weighted by Crippen LogP contribution is -2.36. The van der Waals surface area contributed by atoms with Crippen LogP contribution < -0.4 is 11.5 Å². The Morgan fingerprint density at radius 1 is 1.62 bits per heavy atom. The van der Waals surface area contributed by atoms with Crippen molar-refractivity contribution in [1.82, 2.24) is 0 Å². The molecule has 0 aliphatic heterocycles. The van der Waals surface area contributed by atoms with Crippen LogP contribution in [0.15, 0.2) is 0 Å². The maximum atomic E-state index is 10.6. The maximum absolute atomic E-state index is 10.6. The summed E-state index contributed by atoms with van der Waals surface area (Å²) >= 11 is 0. The van der Waals surface area contributed by atoms with Crippen molar-refractivity contribution in [2.45, 2.75) is 45.6 Å². The summed E-state index contributed by atoms with van der Waals surface area (Å²) in [6, 6.07) is -0.443. The predicted octanol–water partition coefficient (Wildman–Crippen LogP) is 1.02. The number of amides is 1. The van der Waals surface area contributed by atoms with Gasteiger partial charge in [-0.25, -0.2) is 0 Å². The SMILES string of the molecule is CC1(C)CC1CCCC(N)C(N)=O. The van der Waals surface area contributed by atoms with Gasteiger partial charge in [0.1, 0.15) is 0 Å². The van der Waals surface area contributed by atoms with E-state index < -0.39 is 6.04 Å². The lowest BCUT2D eigenvalue weighted by Gasteiger charge is -2.07. The summed E-state index contributed by atoms with van der Waals surface area (Å²) in [7, 11) is 0. The number of primary amides is 1. The average Bonchev–Trinajstić information content (AvgIpc) is 2.58. The van der Waals surface area contributed by atoms with Crippen molar-refractivity contribution in [3.05, 3.63) is 0 Å². The molecule has 0 aromatic heterocycles. The summed E-state index contributed by atoms with van der Waals surface area (Å²) in [5.41, 5.74) is 11.1. The summed E-state index contributed by atoms with van der Waals surface area (Å²) in [5, 5.41) is 0. The van der Waals surface area contributed by atoms with E-state index in [1.165, 1.54) is 12.8 Å². The van der Waals surface area contributed by atoms with Gasteiger partial charge in [-0.3, -0.25) is 4.79 Å². The predicted molar refractivity (Wildman–Crippen MR) is 52.9 cm³/mol. The van der Waals surface area contributed by atoms with Gasteiger partial charge in [0.15, 0.2) is 0 Å². The van der Waals surface area contributed by atoms with Crippen molar-refractivity contribution in [3.8, 4) is 0 Å². The highest BCUT2D eigenvalue weighted by atomic mass is 16.1. The van der Waals surface area contributed by atoms with Crippen LogP contribution in [0.5, 0.6) is 0 Å². The lowest BCUT2D eigenvalue weighted by atomic mass is 10.0. The summed E-state index contributed by atoms with van der Waals surface area (Å²) in [4.78, 5) is 10.6. The summed E-state index contributed by atoms with van der Waals surface area (Å²) in [5.74, 6) is 0.461. The van der Waals surface area contributed by atoms with Crippen LogP contribution >= 0.6 is 0 Å². The van der Waals surface area contributed by atoms with E-state index in [1.54, 1.807) is 0 Å². The number of hydrogen-bond donors (Lipinski definition) is 2. The lowest BCUT2D eigenvalue weighted by molar-refractivity contribution is -0.119. The highest BCUT2D eigenvalue weighted by molar-refractivity contribution is 5.79. The van der Waals surface area contributed by atoms with Gasteiger partial charge < -0.3 is 11.5 Å². The van der Waals surface area contributed by atoms with E-state index >= 15 is 0 Å². The summed E-state index contributed by atoms with van der Waals surface area (Å²) in [6.45, 7) is 4.57. The van der Waals surface area contributed by atoms with Gasteiger partial charge >= 0.3 is 0 Å². The molecule has 0 aromatic carbocycles. The van der Waals surface area contributed by atoms with Gasteiger partial charge in [-0.15, -0.1) is 0 Å². The van der Waals surface area contributed by atoms with Gasteiger partial charge in [0.25, 0.3) is 0 Å². The van der Waals surface area contributed by atoms with Crippen molar-refractivity contribution in [3.63, 3.8) is 0 Å². The molecule has 0 aromatic rings. The third-order valence-electron chi connectivity index (χ3n) is 3.15. The molecule has 1 aliphatic rings. The van der Waals surface area contributed by atoms with E-state index in [0.717, 1.165) is 18.8 Å². The van der Waals surface area contributed by atoms with Crippen molar-refractivity contribution in [2.75, 3.05) is 0 Å². The summed E-state index contributed by atoms with van der Waals surface area (Å²) in [6.07, 6.45) is 4.27. The van der Waals surface area contributed by atoms with Crippen molar-refractivity contribution < 1.29 is 4.79 Å². The van der Waals surface area contributed by atoms with Crippen LogP contribution in [0.1, 0.15) is 39.5 Å². The highest BCUT2D eigenvalue weighted by Gasteiger charge is 2.44. The zero-order valence-corrected chi connectivity index (χ0v) is 8.55. The molecule has 0 spiro atoms. The maximum Gasteiger partial charge on any atom is 0.234 e. The molecule has 13 heavy (non-hydrogen) atoms. The quantitative estimate of drug-likeness (QED) is 0.669. The van der Waals surface area contributed by atoms with E-state index in [1.807, 2.05) is 0 Å². The zero-order chi connectivity index (χ0) is 10.1. The third kappa shape index (κ3) is 2.99. The number of carbonyl (C=O) groups excluding carboxylic acids is 1. The molecule has 3 heteroatoms. The van der Waals surface area contributed by atoms with Gasteiger partial charge in [-0.2, -0.15) is 0 Å². The second-order valence-electron chi connectivity index (χ2n) is 4.83. The molecule has 2 unspecified atom stereocenters. The van der Waals surface area contributed by atoms with E-state index in [0.29, 0.717) is 5.41 Å². The molecule has 1 aliphatic carbocycles. The normalized spacial score (nSPS) is 26.8. The second-order valence-corrected chi connectivity index (χ2v) is 4.83. The highest BCUT2D eigenvalue weighted by Crippen LogP contribution is 2.54. The Morgan fingerprint density at radius 2 is 2.15 bits per heavy atom. The van der Waals surface area contributed by atoms with Gasteiger partial charge in [0, 0.05) is 0 Å². The van der Waals surface area contributed by atoms with E-state index in [4.69, 9.17) is 11.5 Å². The Morgan fingerprint density at radius 3 is 2.54 bits per heavy atom. The average molecular weight is 184 g/mol. The minimum Gasteiger partial charge on any atom is -0.368 e. The standard InChI is InChI=1S/C10H20N2O/c1-10(2)6-7(10)4-3-5-8(11)9(12)13/h7-8H,3-6,11H2,1-2H3,(H2,12,13). The molecule has 0 saturated heterocycles. The first-order valence-corrected chi connectivity index (χ1v) is 4.98. The van der Waals surface area contributed by atoms with Gasteiger partial charge in [-0.1, -0.05) is 20.3 Å². The minimum absolute atomic E-state index is 0.380. The van der Waals surface area contributed by atoms with Crippen LogP contribution in [-0.2, 0) is 4.79 Å². The first-order valence-electron chi connectivity index (χ1n) is 4.98. The Kier molecular flexibility index (Phi) is 2.96. The molecule has 1 saturated carbocycles. The minimum atomic E-state index is -0.443. The van der Waals surface area contributed by atoms with Crippen molar-refractivity contribution >= 4 is 5.91 Å². The molecule has 2 atom stereocenters. The monoisotopic (exact) mass is 184 g/mol. The Bertz CT molecular complexity index is 201. The molecule has 76 valence electrons. The fraction of sp³-hybridized carbons (Fsp3) is 0.900. The van der Waals surface area contributed by atoms with Gasteiger partial charge in [-0.05, 0) is 30.6 Å². The first-order chi connectivity index (χ1) is 5.93. The van der Waals surface area contributed by atoms with Crippen molar-refractivity contribution in [2.24, 2.45) is 22.8 Å². The van der Waals surface area contributed by atoms with Crippen LogP contribution in [0.4, 0.5) is 0 Å². The first kappa shape index (κ1) is 10.5. The van der Waals surface area contributed by atoms with Gasteiger partial charge in [0.2, 0.25) is 5.91 Å². The Balaban J connectivity index is 2.06. The fourth-order valence-electron chi connectivity index (χ4n) is 1.80. The van der Waals surface area contributed by atoms with E-state index in [9.17, 15) is 4.79 Å². The Hall–Kier alpha value is -0.570. The molecular weight excluding hydrogens is 164 g/mol. The fourth-order valence-corrected chi connectivity index (χ4v) is 1.80. The van der Waals surface area contributed by atoms with E-state index in [-0.39, 0.29) is 5.91 Å². The van der Waals surface area contributed by atoms with Crippen molar-refractivity contribution in [1.29, 1.82) is 0 Å². The number of rotatable bonds is 5. The smallest absolute Gasteiger partial charge is 0.234 e. The van der Waals surface area contributed by atoms with E-state index in [2.05, 4.69) is 13.8 Å². The molecule has 3 nitrogen and oxygen atoms in total. The third-order valence-corrected chi connectivity index (χ3v) is 3.15. The number of carbonyl (C=O) groups is 1. The molecule has 0 heterocycles. The number of nitrogens with two attached hydrogens (primary N) is 2. The van der Waals surface area contributed by atoms with Crippen LogP contribution in [-0.4, -0.2) is 11.9 Å².